The standard InChI is InChI=1S/C20H26N2O4/c1-24-18-5-4-15(19(25-2)20(18)26-3)11-22-12-16(17(23)13-22)10-14-6-8-21-9-7-14/h4-9,16-17,23H,10-13H2,1-3H3/t16-,17+/m1/s1. The van der Waals surface area contributed by atoms with Crippen LogP contribution in [0.15, 0.2) is 36.7 Å². The van der Waals surface area contributed by atoms with E-state index in [9.17, 15) is 5.11 Å². The van der Waals surface area contributed by atoms with Crippen molar-refractivity contribution >= 4 is 0 Å². The van der Waals surface area contributed by atoms with E-state index in [0.29, 0.717) is 30.3 Å². The van der Waals surface area contributed by atoms with E-state index in [1.165, 1.54) is 5.56 Å². The van der Waals surface area contributed by atoms with Crippen LogP contribution in [0.2, 0.25) is 0 Å². The number of aliphatic hydroxyl groups is 1. The molecule has 140 valence electrons. The van der Waals surface area contributed by atoms with Gasteiger partial charge in [0.1, 0.15) is 0 Å². The summed E-state index contributed by atoms with van der Waals surface area (Å²) in [7, 11) is 4.85. The highest BCUT2D eigenvalue weighted by Crippen LogP contribution is 2.40. The third-order valence-electron chi connectivity index (χ3n) is 4.91. The fourth-order valence-electron chi connectivity index (χ4n) is 3.62. The number of nitrogens with zero attached hydrogens (tertiary/aromatic N) is 2. The number of hydrogen-bond donors (Lipinski definition) is 1. The van der Waals surface area contributed by atoms with Crippen LogP contribution in [0, 0.1) is 5.92 Å². The third-order valence-corrected chi connectivity index (χ3v) is 4.91. The summed E-state index contributed by atoms with van der Waals surface area (Å²) >= 11 is 0. The third kappa shape index (κ3) is 3.92. The molecule has 1 aliphatic rings. The van der Waals surface area contributed by atoms with Gasteiger partial charge in [-0.1, -0.05) is 6.07 Å². The maximum absolute atomic E-state index is 10.5. The van der Waals surface area contributed by atoms with Gasteiger partial charge in [0.15, 0.2) is 11.5 Å². The number of benzene rings is 1. The van der Waals surface area contributed by atoms with Gasteiger partial charge >= 0.3 is 0 Å². The highest BCUT2D eigenvalue weighted by Gasteiger charge is 2.32. The average Bonchev–Trinajstić information content (AvgIpc) is 3.00. The fraction of sp³-hybridized carbons (Fsp3) is 0.450. The Kier molecular flexibility index (Phi) is 5.96. The highest BCUT2D eigenvalue weighted by atomic mass is 16.5. The predicted octanol–water partition coefficient (Wildman–Crippen LogP) is 2.14. The molecule has 6 nitrogen and oxygen atoms in total. The SMILES string of the molecule is COc1ccc(CN2C[C@@H](Cc3ccncc3)[C@@H](O)C2)c(OC)c1OC. The van der Waals surface area contributed by atoms with E-state index in [1.807, 2.05) is 24.3 Å². The zero-order valence-corrected chi connectivity index (χ0v) is 15.5. The predicted molar refractivity (Wildman–Crippen MR) is 98.8 cm³/mol. The molecule has 1 fully saturated rings. The highest BCUT2D eigenvalue weighted by molar-refractivity contribution is 5.55. The van der Waals surface area contributed by atoms with E-state index in [4.69, 9.17) is 14.2 Å². The fourth-order valence-corrected chi connectivity index (χ4v) is 3.62. The normalized spacial score (nSPS) is 20.2. The number of likely N-dealkylation sites (tertiary alicyclic amines) is 1. The van der Waals surface area contributed by atoms with E-state index in [-0.39, 0.29) is 12.0 Å². The first-order valence-corrected chi connectivity index (χ1v) is 8.73. The molecule has 0 spiro atoms. The van der Waals surface area contributed by atoms with Crippen LogP contribution in [-0.4, -0.2) is 55.5 Å². The molecule has 2 aromatic rings. The Balaban J connectivity index is 1.72. The summed E-state index contributed by atoms with van der Waals surface area (Å²) in [6.07, 6.45) is 4.10. The van der Waals surface area contributed by atoms with E-state index in [2.05, 4.69) is 9.88 Å². The van der Waals surface area contributed by atoms with Gasteiger partial charge in [-0.25, -0.2) is 0 Å². The molecule has 1 aromatic heterocycles. The number of aromatic nitrogens is 1. The number of hydrogen-bond acceptors (Lipinski definition) is 6. The topological polar surface area (TPSA) is 64.1 Å². The van der Waals surface area contributed by atoms with Gasteiger partial charge in [0.05, 0.1) is 27.4 Å². The van der Waals surface area contributed by atoms with Crippen molar-refractivity contribution in [1.82, 2.24) is 9.88 Å². The molecule has 0 amide bonds. The number of methoxy groups -OCH3 is 3. The summed E-state index contributed by atoms with van der Waals surface area (Å²) in [6, 6.07) is 7.89. The molecule has 26 heavy (non-hydrogen) atoms. The Morgan fingerprint density at radius 2 is 1.73 bits per heavy atom. The van der Waals surface area contributed by atoms with Crippen molar-refractivity contribution in [2.45, 2.75) is 19.1 Å². The van der Waals surface area contributed by atoms with Crippen LogP contribution in [0.3, 0.4) is 0 Å². The minimum Gasteiger partial charge on any atom is -0.493 e. The molecular weight excluding hydrogens is 332 g/mol. The van der Waals surface area contributed by atoms with Crippen LogP contribution >= 0.6 is 0 Å². The van der Waals surface area contributed by atoms with Crippen molar-refractivity contribution < 1.29 is 19.3 Å². The molecule has 0 bridgehead atoms. The maximum Gasteiger partial charge on any atom is 0.203 e. The van der Waals surface area contributed by atoms with E-state index >= 15 is 0 Å². The van der Waals surface area contributed by atoms with Crippen molar-refractivity contribution in [3.8, 4) is 17.2 Å². The number of β-amino-alcohol motifs (C(OH)–C–C–N with tert-alkyl or cyclic N) is 1. The molecule has 1 aromatic carbocycles. The second-order valence-electron chi connectivity index (χ2n) is 6.57. The molecule has 1 aliphatic heterocycles. The van der Waals surface area contributed by atoms with Crippen molar-refractivity contribution in [1.29, 1.82) is 0 Å². The van der Waals surface area contributed by atoms with Gasteiger partial charge in [0.25, 0.3) is 0 Å². The lowest BCUT2D eigenvalue weighted by atomic mass is 9.97. The Labute approximate surface area is 154 Å². The number of aliphatic hydroxyl groups excluding tert-OH is 1. The Morgan fingerprint density at radius 1 is 1.00 bits per heavy atom. The molecule has 2 atom stereocenters. The zero-order valence-electron chi connectivity index (χ0n) is 15.5. The molecule has 2 heterocycles. The molecule has 1 saturated heterocycles. The second-order valence-corrected chi connectivity index (χ2v) is 6.57. The minimum absolute atomic E-state index is 0.212. The first kappa shape index (κ1) is 18.5. The molecule has 0 radical (unpaired) electrons. The molecule has 0 aliphatic carbocycles. The Bertz CT molecular complexity index is 723. The first-order chi connectivity index (χ1) is 12.7. The van der Waals surface area contributed by atoms with Crippen LogP contribution in [0.1, 0.15) is 11.1 Å². The minimum atomic E-state index is -0.339. The van der Waals surface area contributed by atoms with Crippen LogP contribution in [-0.2, 0) is 13.0 Å². The lowest BCUT2D eigenvalue weighted by Crippen LogP contribution is -2.21. The molecule has 1 N–H and O–H groups in total. The Morgan fingerprint density at radius 3 is 2.38 bits per heavy atom. The zero-order chi connectivity index (χ0) is 18.5. The average molecular weight is 358 g/mol. The first-order valence-electron chi connectivity index (χ1n) is 8.73. The van der Waals surface area contributed by atoms with Crippen molar-refractivity contribution in [2.75, 3.05) is 34.4 Å². The van der Waals surface area contributed by atoms with Gasteiger partial charge in [-0.05, 0) is 30.2 Å². The van der Waals surface area contributed by atoms with Gasteiger partial charge in [-0.15, -0.1) is 0 Å². The van der Waals surface area contributed by atoms with Crippen LogP contribution in [0.25, 0.3) is 0 Å². The summed E-state index contributed by atoms with van der Waals surface area (Å²) in [5, 5.41) is 10.5. The van der Waals surface area contributed by atoms with Crippen molar-refractivity contribution in [3.05, 3.63) is 47.8 Å². The lowest BCUT2D eigenvalue weighted by Gasteiger charge is -2.20. The van der Waals surface area contributed by atoms with Crippen LogP contribution in [0.5, 0.6) is 17.2 Å². The number of ether oxygens (including phenoxy) is 3. The van der Waals surface area contributed by atoms with Gasteiger partial charge in [-0.3, -0.25) is 9.88 Å². The van der Waals surface area contributed by atoms with Gasteiger partial charge in [0, 0.05) is 43.5 Å². The largest absolute Gasteiger partial charge is 0.493 e. The number of rotatable bonds is 7. The van der Waals surface area contributed by atoms with Gasteiger partial charge in [0.2, 0.25) is 5.75 Å². The smallest absolute Gasteiger partial charge is 0.203 e. The summed E-state index contributed by atoms with van der Waals surface area (Å²) in [5.74, 6) is 2.13. The summed E-state index contributed by atoms with van der Waals surface area (Å²) in [5.41, 5.74) is 2.22. The van der Waals surface area contributed by atoms with E-state index in [1.54, 1.807) is 33.7 Å². The molecule has 0 saturated carbocycles. The molecule has 0 unspecified atom stereocenters. The van der Waals surface area contributed by atoms with Crippen molar-refractivity contribution in [2.24, 2.45) is 5.92 Å². The second kappa shape index (κ2) is 8.38. The molecule has 3 rings (SSSR count). The lowest BCUT2D eigenvalue weighted by molar-refractivity contribution is 0.141. The van der Waals surface area contributed by atoms with Crippen LogP contribution < -0.4 is 14.2 Å². The Hall–Kier alpha value is -2.31. The van der Waals surface area contributed by atoms with E-state index in [0.717, 1.165) is 18.5 Å². The monoisotopic (exact) mass is 358 g/mol. The van der Waals surface area contributed by atoms with Gasteiger partial charge < -0.3 is 19.3 Å². The van der Waals surface area contributed by atoms with Crippen LogP contribution in [0.4, 0.5) is 0 Å². The number of pyridine rings is 1. The summed E-state index contributed by atoms with van der Waals surface area (Å²) in [4.78, 5) is 6.30. The van der Waals surface area contributed by atoms with E-state index < -0.39 is 0 Å². The quantitative estimate of drug-likeness (QED) is 0.818. The van der Waals surface area contributed by atoms with Gasteiger partial charge in [-0.2, -0.15) is 0 Å². The summed E-state index contributed by atoms with van der Waals surface area (Å²) in [6.45, 7) is 2.17. The summed E-state index contributed by atoms with van der Waals surface area (Å²) < 4.78 is 16.4. The maximum atomic E-state index is 10.5. The molecule has 6 heteroatoms. The van der Waals surface area contributed by atoms with Crippen molar-refractivity contribution in [3.63, 3.8) is 0 Å². The molecular formula is C20H26N2O4.